The highest BCUT2D eigenvalue weighted by Gasteiger charge is 2.30. The molecule has 6 N–H and O–H groups in total. The standard InChI is InChI=1S/C6H13NO9S/c8-1-3(9)5(11)6(12)4(10)2-16-7-17(13,14)15/h1,3-7,9-12H,2H2,(H,13,14,15)/t3-,4+,5+,6+/m0/s1. The van der Waals surface area contributed by atoms with Crippen molar-refractivity contribution in [2.75, 3.05) is 6.61 Å². The highest BCUT2D eigenvalue weighted by molar-refractivity contribution is 7.83. The summed E-state index contributed by atoms with van der Waals surface area (Å²) in [6, 6.07) is 0. The molecule has 0 aliphatic rings. The van der Waals surface area contributed by atoms with Crippen LogP contribution in [0, 0.1) is 0 Å². The summed E-state index contributed by atoms with van der Waals surface area (Å²) in [5.41, 5.74) is 0. The Morgan fingerprint density at radius 1 is 1.18 bits per heavy atom. The lowest BCUT2D eigenvalue weighted by Crippen LogP contribution is -2.47. The predicted molar refractivity (Wildman–Crippen MR) is 50.7 cm³/mol. The van der Waals surface area contributed by atoms with Gasteiger partial charge in [0.15, 0.2) is 6.29 Å². The average molecular weight is 275 g/mol. The molecule has 10 nitrogen and oxygen atoms in total. The molecule has 0 aromatic heterocycles. The zero-order valence-electron chi connectivity index (χ0n) is 8.37. The summed E-state index contributed by atoms with van der Waals surface area (Å²) in [5, 5.41) is 36.2. The van der Waals surface area contributed by atoms with Gasteiger partial charge in [-0.15, -0.1) is 0 Å². The van der Waals surface area contributed by atoms with Gasteiger partial charge in [-0.05, 0) is 0 Å². The Balaban J connectivity index is 4.13. The molecule has 0 saturated heterocycles. The molecule has 0 fully saturated rings. The van der Waals surface area contributed by atoms with Crippen molar-refractivity contribution in [2.24, 2.45) is 0 Å². The van der Waals surface area contributed by atoms with Crippen LogP contribution in [0.15, 0.2) is 0 Å². The van der Waals surface area contributed by atoms with Crippen molar-refractivity contribution in [1.82, 2.24) is 4.89 Å². The molecule has 0 unspecified atom stereocenters. The molecule has 4 atom stereocenters. The van der Waals surface area contributed by atoms with E-state index in [1.54, 1.807) is 0 Å². The largest absolute Gasteiger partial charge is 0.388 e. The molecule has 0 aliphatic carbocycles. The van der Waals surface area contributed by atoms with Gasteiger partial charge < -0.3 is 25.2 Å². The number of aliphatic hydroxyl groups excluding tert-OH is 4. The monoisotopic (exact) mass is 275 g/mol. The van der Waals surface area contributed by atoms with Gasteiger partial charge >= 0.3 is 10.3 Å². The van der Waals surface area contributed by atoms with E-state index in [1.807, 2.05) is 0 Å². The number of rotatable bonds is 8. The van der Waals surface area contributed by atoms with Crippen LogP contribution in [0.1, 0.15) is 0 Å². The smallest absolute Gasteiger partial charge is 0.355 e. The lowest BCUT2D eigenvalue weighted by molar-refractivity contribution is -0.140. The summed E-state index contributed by atoms with van der Waals surface area (Å²) in [5.74, 6) is 0. The maximum Gasteiger partial charge on any atom is 0.355 e. The second-order valence-corrected chi connectivity index (χ2v) is 4.16. The first-order valence-corrected chi connectivity index (χ1v) is 5.66. The van der Waals surface area contributed by atoms with Gasteiger partial charge in [-0.2, -0.15) is 8.42 Å². The van der Waals surface area contributed by atoms with Crippen molar-refractivity contribution < 1.29 is 43.0 Å². The van der Waals surface area contributed by atoms with E-state index in [1.165, 1.54) is 0 Å². The number of carbonyl (C=O) groups is 1. The zero-order valence-corrected chi connectivity index (χ0v) is 9.19. The summed E-state index contributed by atoms with van der Waals surface area (Å²) in [4.78, 5) is 15.3. The number of hydrogen-bond donors (Lipinski definition) is 6. The molecule has 0 aromatic carbocycles. The fourth-order valence-corrected chi connectivity index (χ4v) is 1.02. The molecule has 0 radical (unpaired) electrons. The predicted octanol–water partition coefficient (Wildman–Crippen LogP) is -4.05. The molecule has 0 amide bonds. The third kappa shape index (κ3) is 6.60. The first kappa shape index (κ1) is 16.3. The molecule has 102 valence electrons. The third-order valence-electron chi connectivity index (χ3n) is 1.65. The number of nitrogens with one attached hydrogen (secondary N) is 1. The van der Waals surface area contributed by atoms with Gasteiger partial charge in [0.25, 0.3) is 0 Å². The lowest BCUT2D eigenvalue weighted by atomic mass is 10.0. The molecule has 0 spiro atoms. The van der Waals surface area contributed by atoms with Crippen molar-refractivity contribution in [3.63, 3.8) is 0 Å². The van der Waals surface area contributed by atoms with E-state index in [0.717, 1.165) is 4.89 Å². The summed E-state index contributed by atoms with van der Waals surface area (Å²) < 4.78 is 28.4. The maximum absolute atomic E-state index is 10.1. The van der Waals surface area contributed by atoms with Gasteiger partial charge in [0.2, 0.25) is 0 Å². The highest BCUT2D eigenvalue weighted by Crippen LogP contribution is 2.04. The Morgan fingerprint density at radius 3 is 2.12 bits per heavy atom. The van der Waals surface area contributed by atoms with E-state index in [4.69, 9.17) is 19.9 Å². The summed E-state index contributed by atoms with van der Waals surface area (Å²) in [6.45, 7) is -0.830. The van der Waals surface area contributed by atoms with E-state index in [9.17, 15) is 18.3 Å². The van der Waals surface area contributed by atoms with Crippen LogP contribution in [-0.2, 0) is 19.9 Å². The molecule has 0 aromatic rings. The number of carbonyl (C=O) groups excluding carboxylic acids is 1. The number of hydrogen-bond acceptors (Lipinski definition) is 8. The Labute approximate surface area is 96.3 Å². The van der Waals surface area contributed by atoms with Crippen molar-refractivity contribution in [2.45, 2.75) is 24.4 Å². The molecular weight excluding hydrogens is 262 g/mol. The summed E-state index contributed by atoms with van der Waals surface area (Å²) >= 11 is 0. The van der Waals surface area contributed by atoms with Crippen LogP contribution in [0.25, 0.3) is 0 Å². The topological polar surface area (TPSA) is 174 Å². The lowest BCUT2D eigenvalue weighted by Gasteiger charge is -2.23. The van der Waals surface area contributed by atoms with E-state index >= 15 is 0 Å². The van der Waals surface area contributed by atoms with Crippen molar-refractivity contribution >= 4 is 16.6 Å². The second-order valence-electron chi connectivity index (χ2n) is 3.04. The van der Waals surface area contributed by atoms with E-state index in [2.05, 4.69) is 4.84 Å². The maximum atomic E-state index is 10.1. The summed E-state index contributed by atoms with van der Waals surface area (Å²) in [7, 11) is -4.62. The average Bonchev–Trinajstić information content (AvgIpc) is 2.24. The molecule has 0 rings (SSSR count). The SMILES string of the molecule is O=C[C@H](O)[C@@H](O)[C@H](O)[C@H](O)CONS(=O)(=O)O. The van der Waals surface area contributed by atoms with Crippen LogP contribution in [0.3, 0.4) is 0 Å². The van der Waals surface area contributed by atoms with Gasteiger partial charge in [0, 0.05) is 0 Å². The highest BCUT2D eigenvalue weighted by atomic mass is 32.2. The minimum absolute atomic E-state index is 0.0576. The molecule has 11 heteroatoms. The van der Waals surface area contributed by atoms with Crippen LogP contribution in [-0.4, -0.2) is 70.7 Å². The van der Waals surface area contributed by atoms with Crippen molar-refractivity contribution in [3.05, 3.63) is 0 Å². The Bertz CT molecular complexity index is 330. The molecule has 0 aliphatic heterocycles. The van der Waals surface area contributed by atoms with Crippen LogP contribution in [0.4, 0.5) is 0 Å². The van der Waals surface area contributed by atoms with E-state index < -0.39 is 41.3 Å². The van der Waals surface area contributed by atoms with Gasteiger partial charge in [-0.3, -0.25) is 9.39 Å². The van der Waals surface area contributed by atoms with Gasteiger partial charge in [-0.1, -0.05) is 4.89 Å². The van der Waals surface area contributed by atoms with Crippen molar-refractivity contribution in [3.8, 4) is 0 Å². The van der Waals surface area contributed by atoms with Gasteiger partial charge in [-0.25, -0.2) is 0 Å². The van der Waals surface area contributed by atoms with E-state index in [0.29, 0.717) is 0 Å². The van der Waals surface area contributed by atoms with Crippen LogP contribution >= 0.6 is 0 Å². The van der Waals surface area contributed by atoms with Crippen molar-refractivity contribution in [1.29, 1.82) is 0 Å². The Hall–Kier alpha value is -0.660. The number of aliphatic hydroxyl groups is 4. The summed E-state index contributed by atoms with van der Waals surface area (Å²) in [6.07, 6.45) is -7.67. The Morgan fingerprint density at radius 2 is 1.71 bits per heavy atom. The first-order valence-electron chi connectivity index (χ1n) is 4.22. The Kier molecular flexibility index (Phi) is 6.66. The molecule has 0 heterocycles. The fourth-order valence-electron chi connectivity index (χ4n) is 0.803. The third-order valence-corrected chi connectivity index (χ3v) is 1.98. The second kappa shape index (κ2) is 6.93. The minimum atomic E-state index is -4.62. The molecule has 0 saturated carbocycles. The molecule has 0 bridgehead atoms. The fraction of sp³-hybridized carbons (Fsp3) is 0.833. The van der Waals surface area contributed by atoms with Crippen LogP contribution in [0.5, 0.6) is 0 Å². The van der Waals surface area contributed by atoms with Gasteiger partial charge in [0.1, 0.15) is 24.4 Å². The van der Waals surface area contributed by atoms with Crippen LogP contribution < -0.4 is 4.89 Å². The minimum Gasteiger partial charge on any atom is -0.388 e. The van der Waals surface area contributed by atoms with E-state index in [-0.39, 0.29) is 6.29 Å². The normalized spacial score (nSPS) is 19.4. The quantitative estimate of drug-likeness (QED) is 0.146. The number of aldehydes is 1. The zero-order chi connectivity index (χ0) is 13.6. The molecular formula is C6H13NO9S. The van der Waals surface area contributed by atoms with Crippen LogP contribution in [0.2, 0.25) is 0 Å². The van der Waals surface area contributed by atoms with Gasteiger partial charge in [0.05, 0.1) is 6.61 Å². The first-order chi connectivity index (χ1) is 7.69. The molecule has 17 heavy (non-hydrogen) atoms.